The number of para-hydroxylation sites is 1. The summed E-state index contributed by atoms with van der Waals surface area (Å²) >= 11 is 6.18. The van der Waals surface area contributed by atoms with Crippen molar-refractivity contribution in [3.05, 3.63) is 53.1 Å². The summed E-state index contributed by atoms with van der Waals surface area (Å²) in [6, 6.07) is 13.1. The molecule has 0 bridgehead atoms. The molecule has 1 aliphatic heterocycles. The number of ether oxygens (including phenoxy) is 2. The molecule has 0 radical (unpaired) electrons. The number of hydrogen-bond acceptors (Lipinski definition) is 4. The van der Waals surface area contributed by atoms with Gasteiger partial charge >= 0.3 is 0 Å². The predicted molar refractivity (Wildman–Crippen MR) is 82.1 cm³/mol. The van der Waals surface area contributed by atoms with Crippen LogP contribution in [0.1, 0.15) is 12.5 Å². The minimum atomic E-state index is -0.675. The van der Waals surface area contributed by atoms with Crippen molar-refractivity contribution < 1.29 is 14.6 Å². The van der Waals surface area contributed by atoms with Crippen LogP contribution in [0.4, 0.5) is 5.69 Å². The van der Waals surface area contributed by atoms with Crippen molar-refractivity contribution in [2.24, 2.45) is 0 Å². The van der Waals surface area contributed by atoms with Gasteiger partial charge in [-0.1, -0.05) is 29.8 Å². The van der Waals surface area contributed by atoms with Gasteiger partial charge in [-0.15, -0.1) is 0 Å². The monoisotopic (exact) mass is 305 g/mol. The molecule has 1 atom stereocenters. The third-order valence-corrected chi connectivity index (χ3v) is 3.94. The number of hydrogen-bond donors (Lipinski definition) is 2. The second kappa shape index (κ2) is 5.47. The zero-order valence-electron chi connectivity index (χ0n) is 11.6. The molecule has 2 aromatic rings. The fraction of sp³-hybridized carbons (Fsp3) is 0.250. The van der Waals surface area contributed by atoms with Crippen LogP contribution in [0.25, 0.3) is 0 Å². The van der Waals surface area contributed by atoms with Crippen LogP contribution in [0.15, 0.2) is 42.5 Å². The van der Waals surface area contributed by atoms with E-state index in [4.69, 9.17) is 21.1 Å². The molecule has 0 aliphatic carbocycles. The molecule has 110 valence electrons. The fourth-order valence-electron chi connectivity index (χ4n) is 2.30. The first-order valence-corrected chi connectivity index (χ1v) is 7.04. The van der Waals surface area contributed by atoms with Gasteiger partial charge in [0.2, 0.25) is 6.79 Å². The van der Waals surface area contributed by atoms with Gasteiger partial charge in [0.15, 0.2) is 11.5 Å². The van der Waals surface area contributed by atoms with Crippen LogP contribution in [0.5, 0.6) is 11.5 Å². The molecule has 0 saturated heterocycles. The molecular weight excluding hydrogens is 290 g/mol. The minimum absolute atomic E-state index is 0.0854. The van der Waals surface area contributed by atoms with Gasteiger partial charge in [0.05, 0.1) is 22.9 Å². The van der Waals surface area contributed by atoms with Crippen molar-refractivity contribution in [1.82, 2.24) is 0 Å². The van der Waals surface area contributed by atoms with E-state index in [0.717, 1.165) is 17.0 Å². The predicted octanol–water partition coefficient (Wildman–Crippen LogP) is 3.39. The SMILES string of the molecule is CC(CO)(Nc1ccccc1Cl)c1ccc2c(c1)OCO2. The lowest BCUT2D eigenvalue weighted by atomic mass is 9.92. The van der Waals surface area contributed by atoms with Crippen molar-refractivity contribution in [3.8, 4) is 11.5 Å². The van der Waals surface area contributed by atoms with E-state index in [1.807, 2.05) is 43.3 Å². The minimum Gasteiger partial charge on any atom is -0.454 e. The molecule has 0 spiro atoms. The average Bonchev–Trinajstić information content (AvgIpc) is 2.97. The van der Waals surface area contributed by atoms with E-state index in [-0.39, 0.29) is 13.4 Å². The highest BCUT2D eigenvalue weighted by atomic mass is 35.5. The lowest BCUT2D eigenvalue weighted by Crippen LogP contribution is -2.35. The second-order valence-corrected chi connectivity index (χ2v) is 5.57. The topological polar surface area (TPSA) is 50.7 Å². The number of anilines is 1. The molecule has 3 rings (SSSR count). The second-order valence-electron chi connectivity index (χ2n) is 5.16. The summed E-state index contributed by atoms with van der Waals surface area (Å²) in [6.07, 6.45) is 0. The van der Waals surface area contributed by atoms with Gasteiger partial charge in [-0.25, -0.2) is 0 Å². The Morgan fingerprint density at radius 3 is 2.71 bits per heavy atom. The third kappa shape index (κ3) is 2.64. The summed E-state index contributed by atoms with van der Waals surface area (Å²) in [6.45, 7) is 2.05. The number of nitrogens with one attached hydrogen (secondary N) is 1. The smallest absolute Gasteiger partial charge is 0.231 e. The highest BCUT2D eigenvalue weighted by Crippen LogP contribution is 2.37. The summed E-state index contributed by atoms with van der Waals surface area (Å²) in [7, 11) is 0. The van der Waals surface area contributed by atoms with Crippen LogP contribution >= 0.6 is 11.6 Å². The van der Waals surface area contributed by atoms with E-state index in [0.29, 0.717) is 10.8 Å². The molecule has 2 aromatic carbocycles. The molecule has 5 heteroatoms. The highest BCUT2D eigenvalue weighted by molar-refractivity contribution is 6.33. The summed E-state index contributed by atoms with van der Waals surface area (Å²) in [5, 5.41) is 13.8. The quantitative estimate of drug-likeness (QED) is 0.909. The van der Waals surface area contributed by atoms with Crippen molar-refractivity contribution in [3.63, 3.8) is 0 Å². The van der Waals surface area contributed by atoms with Gasteiger partial charge in [-0.2, -0.15) is 0 Å². The lowest BCUT2D eigenvalue weighted by molar-refractivity contribution is 0.173. The summed E-state index contributed by atoms with van der Waals surface area (Å²) < 4.78 is 10.7. The first-order valence-electron chi connectivity index (χ1n) is 6.66. The molecule has 0 fully saturated rings. The maximum Gasteiger partial charge on any atom is 0.231 e. The zero-order chi connectivity index (χ0) is 14.9. The van der Waals surface area contributed by atoms with Crippen LogP contribution < -0.4 is 14.8 Å². The summed E-state index contributed by atoms with van der Waals surface area (Å²) in [4.78, 5) is 0. The number of fused-ring (bicyclic) bond motifs is 1. The van der Waals surface area contributed by atoms with Crippen LogP contribution in [-0.4, -0.2) is 18.5 Å². The van der Waals surface area contributed by atoms with Crippen molar-refractivity contribution in [2.75, 3.05) is 18.7 Å². The third-order valence-electron chi connectivity index (χ3n) is 3.61. The Morgan fingerprint density at radius 1 is 1.19 bits per heavy atom. The van der Waals surface area contributed by atoms with Crippen molar-refractivity contribution >= 4 is 17.3 Å². The van der Waals surface area contributed by atoms with Gasteiger partial charge in [0, 0.05) is 0 Å². The summed E-state index contributed by atoms with van der Waals surface area (Å²) in [5.74, 6) is 1.41. The van der Waals surface area contributed by atoms with Crippen molar-refractivity contribution in [1.29, 1.82) is 0 Å². The van der Waals surface area contributed by atoms with Crippen LogP contribution in [-0.2, 0) is 5.54 Å². The van der Waals surface area contributed by atoms with Gasteiger partial charge in [0.1, 0.15) is 0 Å². The van der Waals surface area contributed by atoms with E-state index < -0.39 is 5.54 Å². The van der Waals surface area contributed by atoms with Crippen molar-refractivity contribution in [2.45, 2.75) is 12.5 Å². The first-order chi connectivity index (χ1) is 10.1. The molecule has 21 heavy (non-hydrogen) atoms. The number of halogens is 1. The highest BCUT2D eigenvalue weighted by Gasteiger charge is 2.28. The lowest BCUT2D eigenvalue weighted by Gasteiger charge is -2.31. The molecule has 2 N–H and O–H groups in total. The Bertz CT molecular complexity index is 662. The van der Waals surface area contributed by atoms with Gasteiger partial charge in [-0.05, 0) is 36.8 Å². The Balaban J connectivity index is 1.94. The largest absolute Gasteiger partial charge is 0.454 e. The van der Waals surface area contributed by atoms with E-state index in [1.54, 1.807) is 6.07 Å². The van der Waals surface area contributed by atoms with Gasteiger partial charge in [-0.3, -0.25) is 0 Å². The fourth-order valence-corrected chi connectivity index (χ4v) is 2.49. The Kier molecular flexibility index (Phi) is 3.66. The number of aliphatic hydroxyl groups is 1. The maximum atomic E-state index is 9.86. The number of rotatable bonds is 4. The Morgan fingerprint density at radius 2 is 1.95 bits per heavy atom. The van der Waals surface area contributed by atoms with Crippen LogP contribution in [0, 0.1) is 0 Å². The number of benzene rings is 2. The Labute approximate surface area is 128 Å². The van der Waals surface area contributed by atoms with Crippen LogP contribution in [0.2, 0.25) is 5.02 Å². The Hall–Kier alpha value is -1.91. The molecule has 1 unspecified atom stereocenters. The molecule has 0 saturated carbocycles. The molecule has 0 amide bonds. The zero-order valence-corrected chi connectivity index (χ0v) is 12.4. The maximum absolute atomic E-state index is 9.86. The van der Waals surface area contributed by atoms with Gasteiger partial charge in [0.25, 0.3) is 0 Å². The van der Waals surface area contributed by atoms with Crippen LogP contribution in [0.3, 0.4) is 0 Å². The molecule has 1 heterocycles. The molecular formula is C16H16ClNO3. The standard InChI is InChI=1S/C16H16ClNO3/c1-16(9-19,18-13-5-3-2-4-12(13)17)11-6-7-14-15(8-11)21-10-20-14/h2-8,18-19H,9-10H2,1H3. The van der Waals surface area contributed by atoms with E-state index in [9.17, 15) is 5.11 Å². The van der Waals surface area contributed by atoms with E-state index in [1.165, 1.54) is 0 Å². The average molecular weight is 306 g/mol. The molecule has 1 aliphatic rings. The van der Waals surface area contributed by atoms with E-state index >= 15 is 0 Å². The first kappa shape index (κ1) is 14.0. The normalized spacial score (nSPS) is 15.6. The van der Waals surface area contributed by atoms with Gasteiger partial charge < -0.3 is 19.9 Å². The number of aliphatic hydroxyl groups excluding tert-OH is 1. The van der Waals surface area contributed by atoms with E-state index in [2.05, 4.69) is 5.32 Å². The molecule has 4 nitrogen and oxygen atoms in total. The summed E-state index contributed by atoms with van der Waals surface area (Å²) in [5.41, 5.74) is 0.994. The molecule has 0 aromatic heterocycles.